The largest absolute Gasteiger partial charge is 0.374 e. The second-order valence-corrected chi connectivity index (χ2v) is 5.96. The molecule has 1 saturated heterocycles. The standard InChI is InChI=1S/C16H20N6O4/c1-21-15(24)6-11(7-20-21)22-4-5-26-12(10-22)2-3-17-16(25)13-8-19-14(23)9-18-13/h6-9,12H,2-5,10H2,1H3,(H,17,25)(H,19,23)/t12-/m1/s1. The molecule has 1 aliphatic heterocycles. The minimum Gasteiger partial charge on any atom is -0.374 e. The molecule has 0 radical (unpaired) electrons. The van der Waals surface area contributed by atoms with Crippen LogP contribution >= 0.6 is 0 Å². The summed E-state index contributed by atoms with van der Waals surface area (Å²) in [5, 5.41) is 6.79. The molecule has 2 aromatic heterocycles. The van der Waals surface area contributed by atoms with Gasteiger partial charge in [0, 0.05) is 38.9 Å². The third-order valence-electron chi connectivity index (χ3n) is 4.11. The monoisotopic (exact) mass is 360 g/mol. The molecule has 2 aromatic rings. The Balaban J connectivity index is 1.51. The van der Waals surface area contributed by atoms with Gasteiger partial charge in [-0.3, -0.25) is 14.4 Å². The predicted molar refractivity (Wildman–Crippen MR) is 93.2 cm³/mol. The Morgan fingerprint density at radius 1 is 1.42 bits per heavy atom. The Morgan fingerprint density at radius 2 is 2.27 bits per heavy atom. The van der Waals surface area contributed by atoms with Crippen LogP contribution < -0.4 is 21.3 Å². The number of aryl methyl sites for hydroxylation is 1. The lowest BCUT2D eigenvalue weighted by atomic mass is 10.2. The van der Waals surface area contributed by atoms with E-state index < -0.39 is 0 Å². The summed E-state index contributed by atoms with van der Waals surface area (Å²) in [7, 11) is 1.61. The van der Waals surface area contributed by atoms with E-state index in [2.05, 4.69) is 20.4 Å². The van der Waals surface area contributed by atoms with Crippen molar-refractivity contribution in [2.45, 2.75) is 12.5 Å². The van der Waals surface area contributed by atoms with E-state index in [1.807, 2.05) is 4.90 Å². The van der Waals surface area contributed by atoms with Crippen molar-refractivity contribution in [3.63, 3.8) is 0 Å². The van der Waals surface area contributed by atoms with Crippen molar-refractivity contribution >= 4 is 11.6 Å². The zero-order valence-electron chi connectivity index (χ0n) is 14.3. The number of carbonyl (C=O) groups excluding carboxylic acids is 1. The number of nitrogens with zero attached hydrogens (tertiary/aromatic N) is 4. The minimum absolute atomic E-state index is 0.0725. The van der Waals surface area contributed by atoms with Gasteiger partial charge >= 0.3 is 0 Å². The second-order valence-electron chi connectivity index (χ2n) is 5.96. The summed E-state index contributed by atoms with van der Waals surface area (Å²) in [6, 6.07) is 1.55. The summed E-state index contributed by atoms with van der Waals surface area (Å²) in [5.74, 6) is -0.357. The van der Waals surface area contributed by atoms with E-state index in [0.29, 0.717) is 32.7 Å². The molecule has 3 heterocycles. The van der Waals surface area contributed by atoms with Crippen LogP contribution in [0.2, 0.25) is 0 Å². The summed E-state index contributed by atoms with van der Waals surface area (Å²) in [4.78, 5) is 42.9. The van der Waals surface area contributed by atoms with Gasteiger partial charge in [0.05, 0.1) is 30.8 Å². The van der Waals surface area contributed by atoms with Crippen LogP contribution in [-0.2, 0) is 11.8 Å². The Hall–Kier alpha value is -3.01. The number of ether oxygens (including phenoxy) is 1. The van der Waals surface area contributed by atoms with E-state index in [4.69, 9.17) is 4.74 Å². The van der Waals surface area contributed by atoms with Gasteiger partial charge in [-0.05, 0) is 6.42 Å². The lowest BCUT2D eigenvalue weighted by Crippen LogP contribution is -2.44. The molecule has 1 atom stereocenters. The van der Waals surface area contributed by atoms with Crippen LogP contribution in [0.1, 0.15) is 16.9 Å². The maximum absolute atomic E-state index is 12.0. The molecule has 0 unspecified atom stereocenters. The van der Waals surface area contributed by atoms with Gasteiger partial charge in [-0.15, -0.1) is 0 Å². The number of hydrogen-bond donors (Lipinski definition) is 2. The van der Waals surface area contributed by atoms with Gasteiger partial charge in [-0.2, -0.15) is 5.10 Å². The number of aromatic amines is 1. The van der Waals surface area contributed by atoms with Crippen LogP contribution in [0, 0.1) is 0 Å². The van der Waals surface area contributed by atoms with Crippen LogP contribution in [0.15, 0.2) is 34.2 Å². The molecular weight excluding hydrogens is 340 g/mol. The van der Waals surface area contributed by atoms with E-state index in [-0.39, 0.29) is 28.8 Å². The summed E-state index contributed by atoms with van der Waals surface area (Å²) in [5.41, 5.74) is 0.401. The molecule has 10 heteroatoms. The number of hydrogen-bond acceptors (Lipinski definition) is 7. The number of amides is 1. The fraction of sp³-hybridized carbons (Fsp3) is 0.438. The van der Waals surface area contributed by atoms with Gasteiger partial charge in [-0.1, -0.05) is 0 Å². The molecule has 0 aromatic carbocycles. The molecule has 1 amide bonds. The Kier molecular flexibility index (Phi) is 5.42. The smallest absolute Gasteiger partial charge is 0.271 e. The summed E-state index contributed by atoms with van der Waals surface area (Å²) < 4.78 is 7.01. The fourth-order valence-electron chi connectivity index (χ4n) is 2.66. The van der Waals surface area contributed by atoms with E-state index in [9.17, 15) is 14.4 Å². The van der Waals surface area contributed by atoms with Crippen LogP contribution in [-0.4, -0.2) is 58.0 Å². The molecule has 3 rings (SSSR count). The maximum Gasteiger partial charge on any atom is 0.271 e. The Bertz CT molecular complexity index is 872. The van der Waals surface area contributed by atoms with Crippen molar-refractivity contribution in [2.75, 3.05) is 31.1 Å². The summed E-state index contributed by atoms with van der Waals surface area (Å²) in [6.45, 7) is 2.24. The van der Waals surface area contributed by atoms with Crippen LogP contribution in [0.4, 0.5) is 5.69 Å². The Morgan fingerprint density at radius 3 is 3.00 bits per heavy atom. The quantitative estimate of drug-likeness (QED) is 0.693. The number of anilines is 1. The maximum atomic E-state index is 12.0. The molecule has 1 aliphatic rings. The first kappa shape index (κ1) is 17.8. The number of morpholine rings is 1. The highest BCUT2D eigenvalue weighted by Crippen LogP contribution is 2.16. The SMILES string of the molecule is Cn1ncc(N2CCO[C@H](CCNC(=O)c3c[nH]c(=O)cn3)C2)cc1=O. The molecule has 0 saturated carbocycles. The van der Waals surface area contributed by atoms with Gasteiger partial charge < -0.3 is 19.9 Å². The number of rotatable bonds is 5. The van der Waals surface area contributed by atoms with Crippen LogP contribution in [0.5, 0.6) is 0 Å². The minimum atomic E-state index is -0.359. The molecule has 10 nitrogen and oxygen atoms in total. The van der Waals surface area contributed by atoms with Crippen molar-refractivity contribution < 1.29 is 9.53 Å². The zero-order chi connectivity index (χ0) is 18.5. The number of aromatic nitrogens is 4. The fourth-order valence-corrected chi connectivity index (χ4v) is 2.66. The number of carbonyl (C=O) groups is 1. The molecule has 0 aliphatic carbocycles. The van der Waals surface area contributed by atoms with Crippen molar-refractivity contribution in [2.24, 2.45) is 7.05 Å². The third kappa shape index (κ3) is 4.33. The molecule has 2 N–H and O–H groups in total. The average Bonchev–Trinajstić information content (AvgIpc) is 2.65. The Labute approximate surface area is 148 Å². The van der Waals surface area contributed by atoms with Gasteiger partial charge in [0.15, 0.2) is 0 Å². The normalized spacial score (nSPS) is 17.1. The van der Waals surface area contributed by atoms with Crippen molar-refractivity contribution in [1.82, 2.24) is 25.1 Å². The lowest BCUT2D eigenvalue weighted by molar-refractivity contribution is 0.0353. The molecule has 0 bridgehead atoms. The van der Waals surface area contributed by atoms with E-state index in [1.54, 1.807) is 19.3 Å². The molecular formula is C16H20N6O4. The highest BCUT2D eigenvalue weighted by Gasteiger charge is 2.21. The molecule has 1 fully saturated rings. The summed E-state index contributed by atoms with van der Waals surface area (Å²) in [6.07, 6.45) is 4.54. The van der Waals surface area contributed by atoms with Gasteiger partial charge in [-0.25, -0.2) is 9.67 Å². The predicted octanol–water partition coefficient (Wildman–Crippen LogP) is -1.11. The first-order chi connectivity index (χ1) is 12.5. The molecule has 138 valence electrons. The third-order valence-corrected chi connectivity index (χ3v) is 4.11. The first-order valence-electron chi connectivity index (χ1n) is 8.26. The number of nitrogens with one attached hydrogen (secondary N) is 2. The van der Waals surface area contributed by atoms with Crippen molar-refractivity contribution in [3.8, 4) is 0 Å². The molecule has 0 spiro atoms. The van der Waals surface area contributed by atoms with Crippen LogP contribution in [0.3, 0.4) is 0 Å². The highest BCUT2D eigenvalue weighted by molar-refractivity contribution is 5.91. The average molecular weight is 360 g/mol. The number of H-pyrrole nitrogens is 1. The topological polar surface area (TPSA) is 122 Å². The summed E-state index contributed by atoms with van der Waals surface area (Å²) >= 11 is 0. The van der Waals surface area contributed by atoms with E-state index in [1.165, 1.54) is 10.9 Å². The van der Waals surface area contributed by atoms with Crippen molar-refractivity contribution in [1.29, 1.82) is 0 Å². The lowest BCUT2D eigenvalue weighted by Gasteiger charge is -2.34. The van der Waals surface area contributed by atoms with Gasteiger partial charge in [0.2, 0.25) is 0 Å². The first-order valence-corrected chi connectivity index (χ1v) is 8.26. The van der Waals surface area contributed by atoms with Crippen LogP contribution in [0.25, 0.3) is 0 Å². The van der Waals surface area contributed by atoms with Gasteiger partial charge in [0.1, 0.15) is 5.69 Å². The van der Waals surface area contributed by atoms with E-state index >= 15 is 0 Å². The highest BCUT2D eigenvalue weighted by atomic mass is 16.5. The van der Waals surface area contributed by atoms with E-state index in [0.717, 1.165) is 11.9 Å². The van der Waals surface area contributed by atoms with Gasteiger partial charge in [0.25, 0.3) is 17.0 Å². The molecule has 26 heavy (non-hydrogen) atoms. The zero-order valence-corrected chi connectivity index (χ0v) is 14.3. The second kappa shape index (κ2) is 7.91. The van der Waals surface area contributed by atoms with Crippen molar-refractivity contribution in [3.05, 3.63) is 51.1 Å².